The first-order chi connectivity index (χ1) is 8.29. The van der Waals surface area contributed by atoms with Crippen molar-refractivity contribution >= 4 is 5.78 Å². The number of carbonyl (C=O) groups is 1. The van der Waals surface area contributed by atoms with Crippen molar-refractivity contribution in [1.82, 2.24) is 15.0 Å². The molecule has 0 N–H and O–H groups in total. The van der Waals surface area contributed by atoms with Crippen molar-refractivity contribution in [3.8, 4) is 5.88 Å². The van der Waals surface area contributed by atoms with Crippen molar-refractivity contribution in [3.63, 3.8) is 0 Å². The van der Waals surface area contributed by atoms with Crippen LogP contribution in [0.25, 0.3) is 0 Å². The second kappa shape index (κ2) is 5.16. The zero-order chi connectivity index (χ0) is 12.1. The van der Waals surface area contributed by atoms with Gasteiger partial charge in [-0.2, -0.15) is 0 Å². The number of pyridine rings is 1. The predicted octanol–water partition coefficient (Wildman–Crippen LogP) is 1.31. The van der Waals surface area contributed by atoms with Gasteiger partial charge in [0.25, 0.3) is 0 Å². The Bertz CT molecular complexity index is 497. The second-order valence-electron chi connectivity index (χ2n) is 3.44. The molecule has 0 saturated carbocycles. The maximum atomic E-state index is 11.8. The molecule has 0 atom stereocenters. The van der Waals surface area contributed by atoms with Crippen molar-refractivity contribution < 1.29 is 9.53 Å². The molecule has 86 valence electrons. The first-order valence-electron chi connectivity index (χ1n) is 5.06. The molecule has 17 heavy (non-hydrogen) atoms. The van der Waals surface area contributed by atoms with Gasteiger partial charge in [-0.1, -0.05) is 6.07 Å². The summed E-state index contributed by atoms with van der Waals surface area (Å²) in [5.74, 6) is 0.502. The lowest BCUT2D eigenvalue weighted by Gasteiger charge is -2.02. The first-order valence-corrected chi connectivity index (χ1v) is 5.06. The largest absolute Gasteiger partial charge is 0.481 e. The van der Waals surface area contributed by atoms with E-state index in [2.05, 4.69) is 15.0 Å². The summed E-state index contributed by atoms with van der Waals surface area (Å²) in [5.41, 5.74) is 1.34. The highest BCUT2D eigenvalue weighted by atomic mass is 16.5. The standard InChI is InChI=1S/C12H11N3O2/c1-17-12-3-2-9(5-15-12)4-11(16)10-6-13-8-14-7-10/h2-3,5-8H,4H2,1H3. The average molecular weight is 229 g/mol. The highest BCUT2D eigenvalue weighted by Crippen LogP contribution is 2.09. The van der Waals surface area contributed by atoms with E-state index in [4.69, 9.17) is 4.74 Å². The summed E-state index contributed by atoms with van der Waals surface area (Å²) in [4.78, 5) is 23.5. The number of rotatable bonds is 4. The van der Waals surface area contributed by atoms with Gasteiger partial charge in [0.2, 0.25) is 5.88 Å². The minimum atomic E-state index is -0.0300. The molecule has 0 aliphatic carbocycles. The number of aromatic nitrogens is 3. The molecule has 0 radical (unpaired) electrons. The Balaban J connectivity index is 2.08. The lowest BCUT2D eigenvalue weighted by atomic mass is 10.1. The van der Waals surface area contributed by atoms with Crippen LogP contribution < -0.4 is 4.74 Å². The normalized spacial score (nSPS) is 9.94. The molecule has 5 heteroatoms. The van der Waals surface area contributed by atoms with Crippen LogP contribution in [0.2, 0.25) is 0 Å². The van der Waals surface area contributed by atoms with Gasteiger partial charge in [-0.25, -0.2) is 15.0 Å². The van der Waals surface area contributed by atoms with E-state index < -0.39 is 0 Å². The smallest absolute Gasteiger partial charge is 0.212 e. The van der Waals surface area contributed by atoms with E-state index in [1.807, 2.05) is 6.07 Å². The Morgan fingerprint density at radius 2 is 2.00 bits per heavy atom. The summed E-state index contributed by atoms with van der Waals surface area (Å²) in [6.45, 7) is 0. The van der Waals surface area contributed by atoms with Gasteiger partial charge in [0.15, 0.2) is 5.78 Å². The topological polar surface area (TPSA) is 65.0 Å². The molecule has 2 rings (SSSR count). The minimum Gasteiger partial charge on any atom is -0.481 e. The van der Waals surface area contributed by atoms with Crippen LogP contribution in [0.3, 0.4) is 0 Å². The van der Waals surface area contributed by atoms with Crippen LogP contribution >= 0.6 is 0 Å². The second-order valence-corrected chi connectivity index (χ2v) is 3.44. The monoisotopic (exact) mass is 229 g/mol. The molecule has 2 aromatic rings. The number of hydrogen-bond donors (Lipinski definition) is 0. The van der Waals surface area contributed by atoms with Crippen molar-refractivity contribution in [2.24, 2.45) is 0 Å². The number of carbonyl (C=O) groups excluding carboxylic acids is 1. The Morgan fingerprint density at radius 3 is 2.59 bits per heavy atom. The Hall–Kier alpha value is -2.30. The van der Waals surface area contributed by atoms with E-state index in [9.17, 15) is 4.79 Å². The Kier molecular flexibility index (Phi) is 3.40. The van der Waals surface area contributed by atoms with Gasteiger partial charge in [-0.3, -0.25) is 4.79 Å². The number of methoxy groups -OCH3 is 1. The van der Waals surface area contributed by atoms with Gasteiger partial charge >= 0.3 is 0 Å². The maximum absolute atomic E-state index is 11.8. The summed E-state index contributed by atoms with van der Waals surface area (Å²) in [6.07, 6.45) is 6.31. The number of hydrogen-bond acceptors (Lipinski definition) is 5. The minimum absolute atomic E-state index is 0.0300. The van der Waals surface area contributed by atoms with E-state index in [1.165, 1.54) is 18.7 Å². The number of ether oxygens (including phenoxy) is 1. The molecule has 0 aliphatic heterocycles. The number of nitrogens with zero attached hydrogens (tertiary/aromatic N) is 3. The highest BCUT2D eigenvalue weighted by molar-refractivity contribution is 5.96. The van der Waals surface area contributed by atoms with Crippen molar-refractivity contribution in [1.29, 1.82) is 0 Å². The van der Waals surface area contributed by atoms with Crippen molar-refractivity contribution in [2.45, 2.75) is 6.42 Å². The molecule has 0 unspecified atom stereocenters. The third kappa shape index (κ3) is 2.84. The zero-order valence-corrected chi connectivity index (χ0v) is 9.33. The molecular formula is C12H11N3O2. The molecular weight excluding hydrogens is 218 g/mol. The molecule has 2 aromatic heterocycles. The van der Waals surface area contributed by atoms with Gasteiger partial charge < -0.3 is 4.74 Å². The first kappa shape index (κ1) is 11.2. The third-order valence-corrected chi connectivity index (χ3v) is 2.25. The average Bonchev–Trinajstić information content (AvgIpc) is 2.40. The van der Waals surface area contributed by atoms with E-state index >= 15 is 0 Å². The van der Waals surface area contributed by atoms with E-state index in [0.29, 0.717) is 11.4 Å². The summed E-state index contributed by atoms with van der Waals surface area (Å²) in [6, 6.07) is 3.54. The van der Waals surface area contributed by atoms with Crippen LogP contribution in [0.1, 0.15) is 15.9 Å². The van der Waals surface area contributed by atoms with Gasteiger partial charge in [-0.05, 0) is 5.56 Å². The fraction of sp³-hybridized carbons (Fsp3) is 0.167. The predicted molar refractivity (Wildman–Crippen MR) is 60.9 cm³/mol. The van der Waals surface area contributed by atoms with E-state index in [0.717, 1.165) is 5.56 Å². The third-order valence-electron chi connectivity index (χ3n) is 2.25. The lowest BCUT2D eigenvalue weighted by Crippen LogP contribution is -2.04. The number of Topliss-reactive ketones (excluding diaryl/α,β-unsaturated/α-hetero) is 1. The highest BCUT2D eigenvalue weighted by Gasteiger charge is 2.07. The van der Waals surface area contributed by atoms with Gasteiger partial charge in [0.05, 0.1) is 12.7 Å². The van der Waals surface area contributed by atoms with E-state index in [-0.39, 0.29) is 12.2 Å². The fourth-order valence-corrected chi connectivity index (χ4v) is 1.37. The molecule has 2 heterocycles. The molecule has 0 aliphatic rings. The quantitative estimate of drug-likeness (QED) is 0.739. The molecule has 5 nitrogen and oxygen atoms in total. The molecule has 0 saturated heterocycles. The Labute approximate surface area is 98.5 Å². The maximum Gasteiger partial charge on any atom is 0.212 e. The number of ketones is 1. The summed E-state index contributed by atoms with van der Waals surface area (Å²) < 4.78 is 4.94. The van der Waals surface area contributed by atoms with Crippen LogP contribution in [0.5, 0.6) is 5.88 Å². The van der Waals surface area contributed by atoms with Crippen LogP contribution in [-0.2, 0) is 6.42 Å². The van der Waals surface area contributed by atoms with Crippen LogP contribution in [0.15, 0.2) is 37.1 Å². The summed E-state index contributed by atoms with van der Waals surface area (Å²) in [5, 5.41) is 0. The molecule has 0 bridgehead atoms. The molecule has 0 amide bonds. The van der Waals surface area contributed by atoms with Crippen LogP contribution in [0, 0.1) is 0 Å². The van der Waals surface area contributed by atoms with E-state index in [1.54, 1.807) is 19.4 Å². The molecule has 0 fully saturated rings. The van der Waals surface area contributed by atoms with Crippen molar-refractivity contribution in [3.05, 3.63) is 48.2 Å². The van der Waals surface area contributed by atoms with Gasteiger partial charge in [0, 0.05) is 31.1 Å². The summed E-state index contributed by atoms with van der Waals surface area (Å²) in [7, 11) is 1.55. The summed E-state index contributed by atoms with van der Waals surface area (Å²) >= 11 is 0. The van der Waals surface area contributed by atoms with Crippen LogP contribution in [0.4, 0.5) is 0 Å². The molecule has 0 aromatic carbocycles. The lowest BCUT2D eigenvalue weighted by molar-refractivity contribution is 0.0992. The van der Waals surface area contributed by atoms with Gasteiger partial charge in [0.1, 0.15) is 6.33 Å². The zero-order valence-electron chi connectivity index (χ0n) is 9.33. The van der Waals surface area contributed by atoms with Crippen LogP contribution in [-0.4, -0.2) is 27.8 Å². The van der Waals surface area contributed by atoms with Crippen molar-refractivity contribution in [2.75, 3.05) is 7.11 Å². The molecule has 0 spiro atoms. The SMILES string of the molecule is COc1ccc(CC(=O)c2cncnc2)cn1. The Morgan fingerprint density at radius 1 is 1.24 bits per heavy atom. The van der Waals surface area contributed by atoms with Gasteiger partial charge in [-0.15, -0.1) is 0 Å². The fourth-order valence-electron chi connectivity index (χ4n) is 1.37.